The van der Waals surface area contributed by atoms with Crippen LogP contribution in [0.15, 0.2) is 0 Å². The lowest BCUT2D eigenvalue weighted by Gasteiger charge is -2.38. The minimum Gasteiger partial charge on any atom is -0.380 e. The highest BCUT2D eigenvalue weighted by atomic mass is 16.5. The number of piperidine rings is 1. The predicted octanol–water partition coefficient (Wildman–Crippen LogP) is 1.49. The van der Waals surface area contributed by atoms with Crippen LogP contribution in [0, 0.1) is 5.41 Å². The van der Waals surface area contributed by atoms with Gasteiger partial charge in [0.15, 0.2) is 0 Å². The van der Waals surface area contributed by atoms with Gasteiger partial charge in [0.2, 0.25) is 0 Å². The third-order valence-electron chi connectivity index (χ3n) is 4.44. The molecule has 0 aromatic rings. The van der Waals surface area contributed by atoms with Gasteiger partial charge >= 0.3 is 0 Å². The number of nitrogens with zero attached hydrogens (tertiary/aromatic N) is 1. The van der Waals surface area contributed by atoms with Crippen molar-refractivity contribution in [3.8, 4) is 0 Å². The Hall–Kier alpha value is -0.120. The molecule has 0 aliphatic carbocycles. The zero-order valence-electron chi connectivity index (χ0n) is 10.8. The Morgan fingerprint density at radius 2 is 2.38 bits per heavy atom. The third kappa shape index (κ3) is 2.76. The Bertz CT molecular complexity index is 214. The second-order valence-corrected chi connectivity index (χ2v) is 5.52. The van der Waals surface area contributed by atoms with Crippen molar-refractivity contribution in [3.05, 3.63) is 0 Å². The van der Waals surface area contributed by atoms with Crippen LogP contribution in [0.3, 0.4) is 0 Å². The number of hydrogen-bond acceptors (Lipinski definition) is 3. The fourth-order valence-electron chi connectivity index (χ4n) is 3.17. The summed E-state index contributed by atoms with van der Waals surface area (Å²) in [5, 5.41) is 3.52. The zero-order chi connectivity index (χ0) is 11.4. The van der Waals surface area contributed by atoms with Gasteiger partial charge in [-0.25, -0.2) is 0 Å². The van der Waals surface area contributed by atoms with Gasteiger partial charge in [-0.05, 0) is 44.2 Å². The predicted molar refractivity (Wildman–Crippen MR) is 66.7 cm³/mol. The molecule has 0 amide bonds. The van der Waals surface area contributed by atoms with Gasteiger partial charge < -0.3 is 15.0 Å². The van der Waals surface area contributed by atoms with Gasteiger partial charge in [-0.2, -0.15) is 0 Å². The van der Waals surface area contributed by atoms with Crippen molar-refractivity contribution in [2.24, 2.45) is 5.41 Å². The summed E-state index contributed by atoms with van der Waals surface area (Å²) in [5.41, 5.74) is 0.537. The van der Waals surface area contributed by atoms with Crippen LogP contribution in [-0.4, -0.2) is 50.8 Å². The van der Waals surface area contributed by atoms with E-state index >= 15 is 0 Å². The molecule has 2 heterocycles. The van der Waals surface area contributed by atoms with Gasteiger partial charge in [-0.3, -0.25) is 0 Å². The van der Waals surface area contributed by atoms with E-state index in [4.69, 9.17) is 4.74 Å². The summed E-state index contributed by atoms with van der Waals surface area (Å²) < 4.78 is 5.50. The van der Waals surface area contributed by atoms with E-state index in [2.05, 4.69) is 17.1 Å². The molecule has 2 unspecified atom stereocenters. The number of methoxy groups -OCH3 is 1. The summed E-state index contributed by atoms with van der Waals surface area (Å²) in [5.74, 6) is 0. The maximum absolute atomic E-state index is 5.50. The second kappa shape index (κ2) is 5.48. The summed E-state index contributed by atoms with van der Waals surface area (Å²) in [6.07, 6.45) is 5.65. The molecule has 0 radical (unpaired) electrons. The van der Waals surface area contributed by atoms with Gasteiger partial charge in [-0.1, -0.05) is 6.92 Å². The van der Waals surface area contributed by atoms with Crippen LogP contribution >= 0.6 is 0 Å². The van der Waals surface area contributed by atoms with Gasteiger partial charge in [0, 0.05) is 26.7 Å². The van der Waals surface area contributed by atoms with Crippen LogP contribution in [0.2, 0.25) is 0 Å². The number of hydrogen-bond donors (Lipinski definition) is 1. The molecule has 0 aromatic carbocycles. The molecule has 2 atom stereocenters. The van der Waals surface area contributed by atoms with Crippen molar-refractivity contribution in [2.75, 3.05) is 39.8 Å². The van der Waals surface area contributed by atoms with E-state index in [-0.39, 0.29) is 0 Å². The van der Waals surface area contributed by atoms with E-state index in [9.17, 15) is 0 Å². The van der Waals surface area contributed by atoms with E-state index < -0.39 is 0 Å². The number of ether oxygens (including phenoxy) is 1. The quantitative estimate of drug-likeness (QED) is 0.786. The minimum absolute atomic E-state index is 0.469. The maximum atomic E-state index is 5.50. The molecule has 0 saturated carbocycles. The standard InChI is InChI=1S/C13H26N2O/c1-3-13(6-7-14-10-13)11-15-8-4-5-12(9-15)16-2/h12,14H,3-11H2,1-2H3. The lowest BCUT2D eigenvalue weighted by molar-refractivity contribution is 0.0157. The average molecular weight is 226 g/mol. The Kier molecular flexibility index (Phi) is 4.22. The molecule has 2 rings (SSSR count). The topological polar surface area (TPSA) is 24.5 Å². The molecule has 2 aliphatic rings. The Balaban J connectivity index is 1.87. The van der Waals surface area contributed by atoms with Gasteiger partial charge in [0.05, 0.1) is 6.10 Å². The van der Waals surface area contributed by atoms with Crippen LogP contribution in [0.4, 0.5) is 0 Å². The van der Waals surface area contributed by atoms with E-state index in [1.807, 2.05) is 7.11 Å². The SMILES string of the molecule is CCC1(CN2CCCC(OC)C2)CCNC1. The molecule has 0 spiro atoms. The monoisotopic (exact) mass is 226 g/mol. The van der Waals surface area contributed by atoms with Crippen LogP contribution in [-0.2, 0) is 4.74 Å². The molecule has 2 aliphatic heterocycles. The third-order valence-corrected chi connectivity index (χ3v) is 4.44. The Morgan fingerprint density at radius 3 is 3.00 bits per heavy atom. The summed E-state index contributed by atoms with van der Waals surface area (Å²) in [7, 11) is 1.85. The lowest BCUT2D eigenvalue weighted by Crippen LogP contribution is -2.45. The number of nitrogens with one attached hydrogen (secondary N) is 1. The van der Waals surface area contributed by atoms with Crippen molar-refractivity contribution < 1.29 is 4.74 Å². The van der Waals surface area contributed by atoms with E-state index in [0.29, 0.717) is 11.5 Å². The summed E-state index contributed by atoms with van der Waals surface area (Å²) >= 11 is 0. The summed E-state index contributed by atoms with van der Waals surface area (Å²) in [6.45, 7) is 8.41. The maximum Gasteiger partial charge on any atom is 0.0698 e. The molecule has 0 bridgehead atoms. The van der Waals surface area contributed by atoms with Crippen molar-refractivity contribution >= 4 is 0 Å². The largest absolute Gasteiger partial charge is 0.380 e. The zero-order valence-corrected chi connectivity index (χ0v) is 10.8. The van der Waals surface area contributed by atoms with Crippen LogP contribution < -0.4 is 5.32 Å². The van der Waals surface area contributed by atoms with Crippen LogP contribution in [0.25, 0.3) is 0 Å². The molecule has 3 nitrogen and oxygen atoms in total. The first kappa shape index (κ1) is 12.3. The fraction of sp³-hybridized carbons (Fsp3) is 1.00. The molecule has 2 fully saturated rings. The van der Waals surface area contributed by atoms with Crippen molar-refractivity contribution in [3.63, 3.8) is 0 Å². The Labute approximate surface area is 99.5 Å². The van der Waals surface area contributed by atoms with Crippen LogP contribution in [0.5, 0.6) is 0 Å². The number of likely N-dealkylation sites (tertiary alicyclic amines) is 1. The van der Waals surface area contributed by atoms with E-state index in [1.165, 1.54) is 51.9 Å². The molecule has 3 heteroatoms. The molecule has 1 N–H and O–H groups in total. The van der Waals surface area contributed by atoms with E-state index in [0.717, 1.165) is 6.54 Å². The van der Waals surface area contributed by atoms with Gasteiger partial charge in [0.1, 0.15) is 0 Å². The fourth-order valence-corrected chi connectivity index (χ4v) is 3.17. The number of rotatable bonds is 4. The first-order valence-corrected chi connectivity index (χ1v) is 6.74. The summed E-state index contributed by atoms with van der Waals surface area (Å²) in [4.78, 5) is 2.62. The molecule has 16 heavy (non-hydrogen) atoms. The Morgan fingerprint density at radius 1 is 1.50 bits per heavy atom. The molecule has 0 aromatic heterocycles. The van der Waals surface area contributed by atoms with Gasteiger partial charge in [-0.15, -0.1) is 0 Å². The highest BCUT2D eigenvalue weighted by Gasteiger charge is 2.34. The smallest absolute Gasteiger partial charge is 0.0698 e. The average Bonchev–Trinajstić information content (AvgIpc) is 2.78. The molecular weight excluding hydrogens is 200 g/mol. The van der Waals surface area contributed by atoms with E-state index in [1.54, 1.807) is 0 Å². The molecule has 94 valence electrons. The minimum atomic E-state index is 0.469. The first-order valence-electron chi connectivity index (χ1n) is 6.74. The van der Waals surface area contributed by atoms with Gasteiger partial charge in [0.25, 0.3) is 0 Å². The lowest BCUT2D eigenvalue weighted by atomic mass is 9.83. The highest BCUT2D eigenvalue weighted by molar-refractivity contribution is 4.90. The van der Waals surface area contributed by atoms with Crippen molar-refractivity contribution in [1.82, 2.24) is 10.2 Å². The summed E-state index contributed by atoms with van der Waals surface area (Å²) in [6, 6.07) is 0. The second-order valence-electron chi connectivity index (χ2n) is 5.52. The van der Waals surface area contributed by atoms with Crippen LogP contribution in [0.1, 0.15) is 32.6 Å². The molecular formula is C13H26N2O. The first-order chi connectivity index (χ1) is 7.78. The van der Waals surface area contributed by atoms with Crippen molar-refractivity contribution in [2.45, 2.75) is 38.7 Å². The normalized spacial score (nSPS) is 36.8. The highest BCUT2D eigenvalue weighted by Crippen LogP contribution is 2.31. The van der Waals surface area contributed by atoms with Crippen molar-refractivity contribution in [1.29, 1.82) is 0 Å². The molecule has 2 saturated heterocycles.